The normalized spacial score (nSPS) is 12.4. The summed E-state index contributed by atoms with van der Waals surface area (Å²) in [7, 11) is 0. The monoisotopic (exact) mass is 281 g/mol. The number of nitrogens with one attached hydrogen (secondary N) is 1. The van der Waals surface area contributed by atoms with Gasteiger partial charge in [0, 0.05) is 28.0 Å². The summed E-state index contributed by atoms with van der Waals surface area (Å²) in [5.74, 6) is 0. The van der Waals surface area contributed by atoms with Gasteiger partial charge in [0.05, 0.1) is 17.9 Å². The van der Waals surface area contributed by atoms with Gasteiger partial charge in [0.2, 0.25) is 0 Å². The highest BCUT2D eigenvalue weighted by molar-refractivity contribution is 6.36. The molecule has 18 heavy (non-hydrogen) atoms. The predicted octanol–water partition coefficient (Wildman–Crippen LogP) is 3.48. The smallest absolute Gasteiger partial charge is 0.0802 e. The van der Waals surface area contributed by atoms with E-state index in [1.54, 1.807) is 18.6 Å². The van der Waals surface area contributed by atoms with E-state index in [0.717, 1.165) is 17.8 Å². The number of hydrogen-bond donors (Lipinski definition) is 1. The Kier molecular flexibility index (Phi) is 4.53. The summed E-state index contributed by atoms with van der Waals surface area (Å²) in [6.07, 6.45) is 5.01. The molecule has 5 heteroatoms. The van der Waals surface area contributed by atoms with Crippen molar-refractivity contribution in [2.24, 2.45) is 0 Å². The first kappa shape index (κ1) is 13.3. The van der Waals surface area contributed by atoms with E-state index in [2.05, 4.69) is 15.3 Å². The van der Waals surface area contributed by atoms with Gasteiger partial charge in [-0.05, 0) is 18.7 Å². The highest BCUT2D eigenvalue weighted by Crippen LogP contribution is 2.32. The van der Waals surface area contributed by atoms with E-state index < -0.39 is 0 Å². The first-order chi connectivity index (χ1) is 8.74. The molecule has 94 valence electrons. The van der Waals surface area contributed by atoms with E-state index in [4.69, 9.17) is 23.2 Å². The molecule has 0 spiro atoms. The van der Waals surface area contributed by atoms with Crippen LogP contribution >= 0.6 is 23.2 Å². The zero-order valence-corrected chi connectivity index (χ0v) is 11.4. The fourth-order valence-corrected chi connectivity index (χ4v) is 2.42. The minimum absolute atomic E-state index is 0.148. The molecule has 2 aromatic rings. The van der Waals surface area contributed by atoms with Gasteiger partial charge in [-0.2, -0.15) is 0 Å². The molecule has 0 amide bonds. The van der Waals surface area contributed by atoms with Crippen molar-refractivity contribution in [2.75, 3.05) is 6.54 Å². The van der Waals surface area contributed by atoms with Gasteiger partial charge in [-0.3, -0.25) is 9.97 Å². The van der Waals surface area contributed by atoms with Gasteiger partial charge < -0.3 is 5.32 Å². The average Bonchev–Trinajstić information content (AvgIpc) is 2.38. The summed E-state index contributed by atoms with van der Waals surface area (Å²) in [4.78, 5) is 8.40. The SMILES string of the molecule is CCNC(c1cnccn1)c1c(Cl)cccc1Cl. The predicted molar refractivity (Wildman–Crippen MR) is 74.0 cm³/mol. The maximum absolute atomic E-state index is 6.24. The van der Waals surface area contributed by atoms with Crippen LogP contribution in [0.1, 0.15) is 24.2 Å². The molecular formula is C13H13Cl2N3. The number of rotatable bonds is 4. The maximum Gasteiger partial charge on any atom is 0.0802 e. The topological polar surface area (TPSA) is 37.8 Å². The first-order valence-corrected chi connectivity index (χ1v) is 6.42. The molecule has 1 aromatic carbocycles. The van der Waals surface area contributed by atoms with Crippen LogP contribution in [0.4, 0.5) is 0 Å². The van der Waals surface area contributed by atoms with Crippen molar-refractivity contribution >= 4 is 23.2 Å². The second-order valence-electron chi connectivity index (χ2n) is 3.76. The summed E-state index contributed by atoms with van der Waals surface area (Å²) in [6.45, 7) is 2.80. The maximum atomic E-state index is 6.24. The lowest BCUT2D eigenvalue weighted by molar-refractivity contribution is 0.613. The Morgan fingerprint density at radius 2 is 1.94 bits per heavy atom. The highest BCUT2D eigenvalue weighted by atomic mass is 35.5. The molecule has 0 radical (unpaired) electrons. The lowest BCUT2D eigenvalue weighted by Crippen LogP contribution is -2.23. The zero-order valence-electron chi connectivity index (χ0n) is 9.90. The lowest BCUT2D eigenvalue weighted by Gasteiger charge is -2.19. The molecule has 1 atom stereocenters. The van der Waals surface area contributed by atoms with Gasteiger partial charge >= 0.3 is 0 Å². The molecule has 0 bridgehead atoms. The van der Waals surface area contributed by atoms with Gasteiger partial charge in [0.1, 0.15) is 0 Å². The van der Waals surface area contributed by atoms with Crippen molar-refractivity contribution in [3.63, 3.8) is 0 Å². The average molecular weight is 282 g/mol. The zero-order chi connectivity index (χ0) is 13.0. The van der Waals surface area contributed by atoms with E-state index in [1.807, 2.05) is 25.1 Å². The molecule has 0 saturated heterocycles. The van der Waals surface area contributed by atoms with Crippen LogP contribution < -0.4 is 5.32 Å². The standard InChI is InChI=1S/C13H13Cl2N3/c1-2-17-13(11-8-16-6-7-18-11)12-9(14)4-3-5-10(12)15/h3-8,13,17H,2H2,1H3. The quantitative estimate of drug-likeness (QED) is 0.932. The summed E-state index contributed by atoms with van der Waals surface area (Å²) < 4.78 is 0. The number of benzene rings is 1. The first-order valence-electron chi connectivity index (χ1n) is 5.67. The van der Waals surface area contributed by atoms with Crippen LogP contribution in [0.5, 0.6) is 0 Å². The van der Waals surface area contributed by atoms with Crippen molar-refractivity contribution in [3.8, 4) is 0 Å². The van der Waals surface area contributed by atoms with E-state index in [0.29, 0.717) is 10.0 Å². The Balaban J connectivity index is 2.48. The third kappa shape index (κ3) is 2.80. The molecule has 1 unspecified atom stereocenters. The molecule has 0 aliphatic rings. The number of nitrogens with zero attached hydrogens (tertiary/aromatic N) is 2. The Morgan fingerprint density at radius 3 is 2.50 bits per heavy atom. The van der Waals surface area contributed by atoms with Gasteiger partial charge in [-0.1, -0.05) is 36.2 Å². The Bertz CT molecular complexity index is 497. The van der Waals surface area contributed by atoms with Crippen LogP contribution in [-0.4, -0.2) is 16.5 Å². The van der Waals surface area contributed by atoms with Gasteiger partial charge in [0.25, 0.3) is 0 Å². The van der Waals surface area contributed by atoms with E-state index in [-0.39, 0.29) is 6.04 Å². The molecule has 3 nitrogen and oxygen atoms in total. The molecule has 0 fully saturated rings. The molecule has 1 N–H and O–H groups in total. The number of hydrogen-bond acceptors (Lipinski definition) is 3. The molecule has 1 heterocycles. The van der Waals surface area contributed by atoms with Gasteiger partial charge in [-0.25, -0.2) is 0 Å². The van der Waals surface area contributed by atoms with Crippen molar-refractivity contribution in [1.29, 1.82) is 0 Å². The van der Waals surface area contributed by atoms with Crippen molar-refractivity contribution in [1.82, 2.24) is 15.3 Å². The second-order valence-corrected chi connectivity index (χ2v) is 4.57. The molecule has 0 aliphatic carbocycles. The minimum atomic E-state index is -0.148. The van der Waals surface area contributed by atoms with Crippen LogP contribution in [0.2, 0.25) is 10.0 Å². The van der Waals surface area contributed by atoms with Crippen LogP contribution in [-0.2, 0) is 0 Å². The Labute approximate surface area is 116 Å². The van der Waals surface area contributed by atoms with E-state index in [1.165, 1.54) is 0 Å². The summed E-state index contributed by atoms with van der Waals surface area (Å²) >= 11 is 12.5. The van der Waals surface area contributed by atoms with Crippen LogP contribution in [0.3, 0.4) is 0 Å². The van der Waals surface area contributed by atoms with Crippen molar-refractivity contribution in [2.45, 2.75) is 13.0 Å². The minimum Gasteiger partial charge on any atom is -0.305 e. The highest BCUT2D eigenvalue weighted by Gasteiger charge is 2.20. The molecular weight excluding hydrogens is 269 g/mol. The van der Waals surface area contributed by atoms with Crippen LogP contribution in [0, 0.1) is 0 Å². The fraction of sp³-hybridized carbons (Fsp3) is 0.231. The fourth-order valence-electron chi connectivity index (χ4n) is 1.80. The summed E-state index contributed by atoms with van der Waals surface area (Å²) in [5, 5.41) is 4.57. The van der Waals surface area contributed by atoms with Crippen molar-refractivity contribution < 1.29 is 0 Å². The Hall–Kier alpha value is -1.16. The summed E-state index contributed by atoms with van der Waals surface area (Å²) in [5.41, 5.74) is 1.64. The van der Waals surface area contributed by atoms with Gasteiger partial charge in [-0.15, -0.1) is 0 Å². The van der Waals surface area contributed by atoms with E-state index in [9.17, 15) is 0 Å². The third-order valence-electron chi connectivity index (χ3n) is 2.58. The van der Waals surface area contributed by atoms with Crippen LogP contribution in [0.15, 0.2) is 36.8 Å². The molecule has 0 aliphatic heterocycles. The Morgan fingerprint density at radius 1 is 1.22 bits per heavy atom. The lowest BCUT2D eigenvalue weighted by atomic mass is 10.0. The number of aromatic nitrogens is 2. The number of halogens is 2. The van der Waals surface area contributed by atoms with Crippen molar-refractivity contribution in [3.05, 3.63) is 58.1 Å². The molecule has 0 saturated carbocycles. The largest absolute Gasteiger partial charge is 0.305 e. The third-order valence-corrected chi connectivity index (χ3v) is 3.23. The molecule has 1 aromatic heterocycles. The summed E-state index contributed by atoms with van der Waals surface area (Å²) in [6, 6.07) is 5.32. The second kappa shape index (κ2) is 6.14. The van der Waals surface area contributed by atoms with E-state index >= 15 is 0 Å². The van der Waals surface area contributed by atoms with Gasteiger partial charge in [0.15, 0.2) is 0 Å². The van der Waals surface area contributed by atoms with Crippen LogP contribution in [0.25, 0.3) is 0 Å². The molecule has 2 rings (SSSR count).